The van der Waals surface area contributed by atoms with Gasteiger partial charge in [-0.3, -0.25) is 0 Å². The zero-order chi connectivity index (χ0) is 13.5. The van der Waals surface area contributed by atoms with Crippen LogP contribution in [0.5, 0.6) is 0 Å². The lowest BCUT2D eigenvalue weighted by Gasteiger charge is -2.10. The number of thioether (sulfide) groups is 2. The van der Waals surface area contributed by atoms with Crippen molar-refractivity contribution in [2.45, 2.75) is 15.9 Å². The molecule has 1 N–H and O–H groups in total. The number of rotatable bonds is 6. The molecule has 2 radical (unpaired) electrons. The molecule has 1 nitrogen and oxygen atoms in total. The first-order valence-corrected chi connectivity index (χ1v) is 8.05. The second-order valence-electron chi connectivity index (χ2n) is 4.16. The lowest BCUT2D eigenvalue weighted by molar-refractivity contribution is 0.225. The van der Waals surface area contributed by atoms with Gasteiger partial charge in [0.1, 0.15) is 7.85 Å². The Balaban J connectivity index is 1.72. The van der Waals surface area contributed by atoms with Crippen LogP contribution < -0.4 is 5.46 Å². The fourth-order valence-corrected chi connectivity index (χ4v) is 3.35. The summed E-state index contributed by atoms with van der Waals surface area (Å²) in [4.78, 5) is 2.33. The summed E-state index contributed by atoms with van der Waals surface area (Å²) in [5, 5.41) is 9.96. The Bertz CT molecular complexity index is 487. The van der Waals surface area contributed by atoms with Gasteiger partial charge < -0.3 is 5.11 Å². The van der Waals surface area contributed by atoms with E-state index in [-0.39, 0.29) is 6.10 Å². The Hall–Kier alpha value is -0.835. The first kappa shape index (κ1) is 14.6. The maximum Gasteiger partial charge on any atom is 0.113 e. The summed E-state index contributed by atoms with van der Waals surface area (Å²) in [6, 6.07) is 17.9. The van der Waals surface area contributed by atoms with E-state index in [0.29, 0.717) is 11.5 Å². The molecule has 0 saturated heterocycles. The van der Waals surface area contributed by atoms with E-state index in [9.17, 15) is 5.11 Å². The first-order chi connectivity index (χ1) is 9.24. The normalized spacial score (nSPS) is 12.3. The van der Waals surface area contributed by atoms with Crippen molar-refractivity contribution in [1.82, 2.24) is 0 Å². The molecular weight excluding hydrogens is 271 g/mol. The van der Waals surface area contributed by atoms with Crippen LogP contribution in [0.25, 0.3) is 0 Å². The highest BCUT2D eigenvalue weighted by atomic mass is 32.2. The van der Waals surface area contributed by atoms with Gasteiger partial charge in [-0.1, -0.05) is 35.8 Å². The van der Waals surface area contributed by atoms with Crippen molar-refractivity contribution < 1.29 is 5.11 Å². The van der Waals surface area contributed by atoms with Crippen molar-refractivity contribution in [3.05, 3.63) is 54.6 Å². The molecular formula is C15H15BOS2. The van der Waals surface area contributed by atoms with E-state index in [1.807, 2.05) is 42.5 Å². The van der Waals surface area contributed by atoms with Gasteiger partial charge in [0.25, 0.3) is 0 Å². The second-order valence-corrected chi connectivity index (χ2v) is 6.34. The number of aliphatic hydroxyl groups is 1. The minimum Gasteiger partial charge on any atom is -0.391 e. The predicted octanol–water partition coefficient (Wildman–Crippen LogP) is 2.73. The molecule has 0 fully saturated rings. The molecule has 0 aliphatic heterocycles. The average Bonchev–Trinajstić information content (AvgIpc) is 2.45. The van der Waals surface area contributed by atoms with Crippen LogP contribution in [0, 0.1) is 0 Å². The van der Waals surface area contributed by atoms with E-state index in [1.165, 1.54) is 4.90 Å². The largest absolute Gasteiger partial charge is 0.391 e. The fraction of sp³-hybridized carbons (Fsp3) is 0.200. The van der Waals surface area contributed by atoms with Gasteiger partial charge in [-0.05, 0) is 24.3 Å². The van der Waals surface area contributed by atoms with Crippen LogP contribution in [0.4, 0.5) is 0 Å². The highest BCUT2D eigenvalue weighted by Gasteiger charge is 2.06. The van der Waals surface area contributed by atoms with Crippen molar-refractivity contribution in [3.63, 3.8) is 0 Å². The van der Waals surface area contributed by atoms with Gasteiger partial charge in [0, 0.05) is 21.3 Å². The van der Waals surface area contributed by atoms with Crippen LogP contribution in [0.3, 0.4) is 0 Å². The quantitative estimate of drug-likeness (QED) is 0.651. The zero-order valence-corrected chi connectivity index (χ0v) is 12.2. The number of hydrogen-bond donors (Lipinski definition) is 1. The van der Waals surface area contributed by atoms with E-state index in [4.69, 9.17) is 7.85 Å². The third kappa shape index (κ3) is 5.35. The summed E-state index contributed by atoms with van der Waals surface area (Å²) < 4.78 is 0. The summed E-state index contributed by atoms with van der Waals surface area (Å²) in [6.07, 6.45) is -0.312. The molecule has 19 heavy (non-hydrogen) atoms. The molecule has 1 unspecified atom stereocenters. The first-order valence-electron chi connectivity index (χ1n) is 6.08. The van der Waals surface area contributed by atoms with Crippen LogP contribution in [0.15, 0.2) is 64.4 Å². The molecule has 0 spiro atoms. The summed E-state index contributed by atoms with van der Waals surface area (Å²) >= 11 is 3.34. The maximum absolute atomic E-state index is 9.96. The van der Waals surface area contributed by atoms with Crippen molar-refractivity contribution in [2.24, 2.45) is 0 Å². The highest BCUT2D eigenvalue weighted by Crippen LogP contribution is 2.22. The second kappa shape index (κ2) is 7.68. The van der Waals surface area contributed by atoms with Crippen LogP contribution >= 0.6 is 23.5 Å². The van der Waals surface area contributed by atoms with Gasteiger partial charge in [0.15, 0.2) is 0 Å². The molecule has 96 valence electrons. The minimum atomic E-state index is -0.312. The highest BCUT2D eigenvalue weighted by molar-refractivity contribution is 8.00. The van der Waals surface area contributed by atoms with Crippen molar-refractivity contribution in [3.8, 4) is 0 Å². The Morgan fingerprint density at radius 2 is 1.37 bits per heavy atom. The van der Waals surface area contributed by atoms with Crippen LogP contribution in [0.1, 0.15) is 0 Å². The minimum absolute atomic E-state index is 0.312. The van der Waals surface area contributed by atoms with Gasteiger partial charge in [-0.15, -0.1) is 23.5 Å². The van der Waals surface area contributed by atoms with E-state index in [1.54, 1.807) is 23.5 Å². The molecule has 0 heterocycles. The van der Waals surface area contributed by atoms with Crippen LogP contribution in [-0.4, -0.2) is 30.6 Å². The molecule has 2 aromatic carbocycles. The van der Waals surface area contributed by atoms with E-state index >= 15 is 0 Å². The van der Waals surface area contributed by atoms with E-state index in [0.717, 1.165) is 10.4 Å². The van der Waals surface area contributed by atoms with Gasteiger partial charge in [0.05, 0.1) is 6.10 Å². The zero-order valence-electron chi connectivity index (χ0n) is 10.5. The maximum atomic E-state index is 9.96. The summed E-state index contributed by atoms with van der Waals surface area (Å²) in [5.41, 5.74) is 0.768. The molecule has 4 heteroatoms. The van der Waals surface area contributed by atoms with Gasteiger partial charge in [0.2, 0.25) is 0 Å². The molecule has 0 aliphatic rings. The number of aliphatic hydroxyl groups excluding tert-OH is 1. The Kier molecular flexibility index (Phi) is 5.89. The molecule has 0 amide bonds. The third-order valence-corrected chi connectivity index (χ3v) is 4.82. The molecule has 0 bridgehead atoms. The molecule has 2 aromatic rings. The predicted molar refractivity (Wildman–Crippen MR) is 85.7 cm³/mol. The van der Waals surface area contributed by atoms with E-state index < -0.39 is 0 Å². The monoisotopic (exact) mass is 286 g/mol. The van der Waals surface area contributed by atoms with Crippen LogP contribution in [0.2, 0.25) is 0 Å². The molecule has 0 aliphatic carbocycles. The standard InChI is InChI=1S/C15H15BOS2/c16-12-6-8-15(9-7-12)19-11-13(17)10-18-14-4-2-1-3-5-14/h1-9,13,17H,10-11H2. The molecule has 1 atom stereocenters. The SMILES string of the molecule is [B]c1ccc(SCC(O)CSc2ccccc2)cc1. The molecule has 0 aromatic heterocycles. The number of hydrogen-bond acceptors (Lipinski definition) is 3. The van der Waals surface area contributed by atoms with Crippen LogP contribution in [-0.2, 0) is 0 Å². The summed E-state index contributed by atoms with van der Waals surface area (Å²) in [7, 11) is 5.63. The third-order valence-electron chi connectivity index (χ3n) is 2.51. The van der Waals surface area contributed by atoms with Gasteiger partial charge in [-0.25, -0.2) is 0 Å². The molecule has 2 rings (SSSR count). The van der Waals surface area contributed by atoms with Crippen molar-refractivity contribution in [2.75, 3.05) is 11.5 Å². The van der Waals surface area contributed by atoms with E-state index in [2.05, 4.69) is 12.1 Å². The number of benzene rings is 2. The smallest absolute Gasteiger partial charge is 0.113 e. The van der Waals surface area contributed by atoms with Crippen molar-refractivity contribution >= 4 is 36.8 Å². The fourth-order valence-electron chi connectivity index (χ4n) is 1.51. The lowest BCUT2D eigenvalue weighted by atomic mass is 9.97. The topological polar surface area (TPSA) is 20.2 Å². The summed E-state index contributed by atoms with van der Waals surface area (Å²) in [5.74, 6) is 1.41. The lowest BCUT2D eigenvalue weighted by Crippen LogP contribution is -2.13. The Labute approximate surface area is 124 Å². The van der Waals surface area contributed by atoms with Crippen molar-refractivity contribution in [1.29, 1.82) is 0 Å². The molecule has 0 saturated carbocycles. The van der Waals surface area contributed by atoms with Gasteiger partial charge >= 0.3 is 0 Å². The average molecular weight is 286 g/mol. The van der Waals surface area contributed by atoms with Gasteiger partial charge in [-0.2, -0.15) is 0 Å². The Morgan fingerprint density at radius 1 is 0.842 bits per heavy atom. The summed E-state index contributed by atoms with van der Waals surface area (Å²) in [6.45, 7) is 0. The Morgan fingerprint density at radius 3 is 1.95 bits per heavy atom.